The molecule has 1 atom stereocenters. The lowest BCUT2D eigenvalue weighted by Crippen LogP contribution is -2.35. The Labute approximate surface area is 133 Å². The molecule has 2 radical (unpaired) electrons. The monoisotopic (exact) mass is 304 g/mol. The fraction of sp³-hybridized carbons (Fsp3) is 0.562. The van der Waals surface area contributed by atoms with Crippen molar-refractivity contribution in [2.24, 2.45) is 0 Å². The molecule has 0 aliphatic carbocycles. The molecular weight excluding hydrogens is 279 g/mol. The van der Waals surface area contributed by atoms with Crippen LogP contribution in [-0.2, 0) is 11.2 Å². The molecule has 0 spiro atoms. The van der Waals surface area contributed by atoms with Gasteiger partial charge in [-0.15, -0.1) is 0 Å². The summed E-state index contributed by atoms with van der Waals surface area (Å²) in [4.78, 5) is 11.6. The van der Waals surface area contributed by atoms with Gasteiger partial charge in [-0.1, -0.05) is 18.2 Å². The van der Waals surface area contributed by atoms with Crippen molar-refractivity contribution in [3.05, 3.63) is 29.3 Å². The number of para-hydroxylation sites is 1. The second-order valence-electron chi connectivity index (χ2n) is 6.24. The maximum atomic E-state index is 11.6. The highest BCUT2D eigenvalue weighted by Gasteiger charge is 2.17. The predicted octanol–water partition coefficient (Wildman–Crippen LogP) is 1.93. The van der Waals surface area contributed by atoms with Crippen LogP contribution in [0.1, 0.15) is 44.1 Å². The first-order valence-electron chi connectivity index (χ1n) is 7.45. The van der Waals surface area contributed by atoms with Crippen molar-refractivity contribution < 1.29 is 14.6 Å². The molecule has 1 rings (SSSR count). The maximum absolute atomic E-state index is 11.6. The molecule has 6 heteroatoms. The van der Waals surface area contributed by atoms with Gasteiger partial charge in [-0.3, -0.25) is 0 Å². The van der Waals surface area contributed by atoms with Crippen molar-refractivity contribution in [3.63, 3.8) is 0 Å². The van der Waals surface area contributed by atoms with Crippen molar-refractivity contribution in [3.8, 4) is 0 Å². The molecule has 0 aliphatic rings. The van der Waals surface area contributed by atoms with Crippen molar-refractivity contribution in [1.29, 1.82) is 0 Å². The molecule has 22 heavy (non-hydrogen) atoms. The first-order valence-corrected chi connectivity index (χ1v) is 7.45. The van der Waals surface area contributed by atoms with Gasteiger partial charge in [0.2, 0.25) is 0 Å². The van der Waals surface area contributed by atoms with Gasteiger partial charge in [0.05, 0.1) is 7.85 Å². The highest BCUT2D eigenvalue weighted by molar-refractivity contribution is 6.13. The largest absolute Gasteiger partial charge is 0.444 e. The number of nitrogens with two attached hydrogens (primary N) is 1. The van der Waals surface area contributed by atoms with E-state index in [1.807, 2.05) is 18.2 Å². The molecule has 0 fully saturated rings. The first kappa shape index (κ1) is 18.4. The van der Waals surface area contributed by atoms with Crippen molar-refractivity contribution in [1.82, 2.24) is 5.32 Å². The van der Waals surface area contributed by atoms with E-state index in [1.54, 1.807) is 20.8 Å². The zero-order valence-electron chi connectivity index (χ0n) is 13.6. The van der Waals surface area contributed by atoms with Gasteiger partial charge < -0.3 is 20.9 Å². The Morgan fingerprint density at radius 3 is 2.73 bits per heavy atom. The van der Waals surface area contributed by atoms with Crippen LogP contribution in [0.15, 0.2) is 18.2 Å². The van der Waals surface area contributed by atoms with Crippen LogP contribution in [0.4, 0.5) is 10.5 Å². The minimum Gasteiger partial charge on any atom is -0.444 e. The van der Waals surface area contributed by atoms with Gasteiger partial charge in [0, 0.05) is 18.8 Å². The van der Waals surface area contributed by atoms with Gasteiger partial charge >= 0.3 is 6.09 Å². The van der Waals surface area contributed by atoms with E-state index in [9.17, 15) is 4.79 Å². The number of amides is 1. The molecule has 1 aromatic rings. The van der Waals surface area contributed by atoms with Crippen LogP contribution in [0.2, 0.25) is 0 Å². The Morgan fingerprint density at radius 2 is 2.14 bits per heavy atom. The third-order valence-electron chi connectivity index (χ3n) is 3.10. The van der Waals surface area contributed by atoms with Gasteiger partial charge in [-0.25, -0.2) is 4.79 Å². The number of hydrogen-bond acceptors (Lipinski definition) is 4. The van der Waals surface area contributed by atoms with Gasteiger partial charge in [0.25, 0.3) is 0 Å². The first-order chi connectivity index (χ1) is 10.2. The number of carbonyl (C=O) groups is 1. The van der Waals surface area contributed by atoms with E-state index in [0.29, 0.717) is 18.5 Å². The number of anilines is 1. The molecular formula is C16H25BN2O3. The number of ether oxygens (including phenoxy) is 1. The number of benzene rings is 1. The van der Waals surface area contributed by atoms with E-state index in [0.717, 1.165) is 11.1 Å². The molecule has 0 aromatic heterocycles. The lowest BCUT2D eigenvalue weighted by molar-refractivity contribution is 0.0528. The summed E-state index contributed by atoms with van der Waals surface area (Å²) in [7, 11) is 6.11. The lowest BCUT2D eigenvalue weighted by Gasteiger charge is -2.22. The molecule has 0 saturated carbocycles. The molecule has 0 bridgehead atoms. The Morgan fingerprint density at radius 1 is 1.45 bits per heavy atom. The van der Waals surface area contributed by atoms with E-state index in [1.165, 1.54) is 0 Å². The topological polar surface area (TPSA) is 84.6 Å². The smallest absolute Gasteiger partial charge is 0.407 e. The standard InChI is InChI=1S/C16H25BN2O3/c1-16(2,3)22-15(21)19-10-13(17)12-8-4-6-11(14(12)18)7-5-9-20/h4,6,8,13,20H,5,7,9-10,18H2,1-3H3,(H,19,21). The van der Waals surface area contributed by atoms with Gasteiger partial charge in [-0.2, -0.15) is 0 Å². The molecule has 5 nitrogen and oxygen atoms in total. The third-order valence-corrected chi connectivity index (χ3v) is 3.10. The molecule has 1 unspecified atom stereocenters. The van der Waals surface area contributed by atoms with Crippen LogP contribution in [0, 0.1) is 0 Å². The van der Waals surface area contributed by atoms with Crippen molar-refractivity contribution in [2.75, 3.05) is 18.9 Å². The minimum absolute atomic E-state index is 0.121. The molecule has 1 aromatic carbocycles. The Balaban J connectivity index is 2.65. The summed E-state index contributed by atoms with van der Waals surface area (Å²) in [6, 6.07) is 5.65. The van der Waals surface area contributed by atoms with Gasteiger partial charge in [0.15, 0.2) is 0 Å². The predicted molar refractivity (Wildman–Crippen MR) is 89.0 cm³/mol. The number of aliphatic hydroxyl groups excluding tert-OH is 1. The third kappa shape index (κ3) is 5.97. The average molecular weight is 304 g/mol. The summed E-state index contributed by atoms with van der Waals surface area (Å²) >= 11 is 0. The number of hydrogen-bond donors (Lipinski definition) is 3. The minimum atomic E-state index is -0.544. The maximum Gasteiger partial charge on any atom is 0.407 e. The lowest BCUT2D eigenvalue weighted by atomic mass is 9.79. The molecule has 0 saturated heterocycles. The van der Waals surface area contributed by atoms with Crippen LogP contribution >= 0.6 is 0 Å². The summed E-state index contributed by atoms with van der Waals surface area (Å²) < 4.78 is 5.17. The quantitative estimate of drug-likeness (QED) is 0.554. The van der Waals surface area contributed by atoms with Crippen molar-refractivity contribution in [2.45, 2.75) is 45.0 Å². The summed E-state index contributed by atoms with van der Waals surface area (Å²) in [5, 5.41) is 11.6. The van der Waals surface area contributed by atoms with E-state index in [-0.39, 0.29) is 13.2 Å². The number of alkyl carbamates (subject to hydrolysis) is 1. The normalized spacial score (nSPS) is 12.7. The van der Waals surface area contributed by atoms with Crippen molar-refractivity contribution >= 4 is 19.6 Å². The summed E-state index contributed by atoms with van der Waals surface area (Å²) in [5.74, 6) is -0.415. The highest BCUT2D eigenvalue weighted by atomic mass is 16.6. The van der Waals surface area contributed by atoms with Gasteiger partial charge in [-0.05, 0) is 50.6 Å². The molecule has 4 N–H and O–H groups in total. The van der Waals surface area contributed by atoms with Crippen LogP contribution < -0.4 is 11.1 Å². The Hall–Kier alpha value is -1.69. The summed E-state index contributed by atoms with van der Waals surface area (Å²) in [6.45, 7) is 5.76. The number of aliphatic hydroxyl groups is 1. The number of carbonyl (C=O) groups excluding carboxylic acids is 1. The zero-order chi connectivity index (χ0) is 16.8. The zero-order valence-corrected chi connectivity index (χ0v) is 13.6. The molecule has 0 heterocycles. The number of aryl methyl sites for hydroxylation is 1. The second-order valence-corrected chi connectivity index (χ2v) is 6.24. The molecule has 1 amide bonds. The van der Waals surface area contributed by atoms with Crippen LogP contribution in [-0.4, -0.2) is 37.8 Å². The fourth-order valence-corrected chi connectivity index (χ4v) is 2.06. The van der Waals surface area contributed by atoms with Crippen LogP contribution in [0.25, 0.3) is 0 Å². The molecule has 120 valence electrons. The van der Waals surface area contributed by atoms with E-state index >= 15 is 0 Å². The van der Waals surface area contributed by atoms with E-state index in [4.69, 9.17) is 23.4 Å². The van der Waals surface area contributed by atoms with Crippen LogP contribution in [0.3, 0.4) is 0 Å². The molecule has 0 aliphatic heterocycles. The van der Waals surface area contributed by atoms with Gasteiger partial charge in [0.1, 0.15) is 5.60 Å². The summed E-state index contributed by atoms with van der Waals surface area (Å²) in [5.41, 5.74) is 7.94. The van der Waals surface area contributed by atoms with E-state index < -0.39 is 17.5 Å². The summed E-state index contributed by atoms with van der Waals surface area (Å²) in [6.07, 6.45) is 0.847. The Kier molecular flexibility index (Phi) is 6.75. The SMILES string of the molecule is [B]C(CNC(=O)OC(C)(C)C)c1cccc(CCCO)c1N. The fourth-order valence-electron chi connectivity index (χ4n) is 2.06. The average Bonchev–Trinajstić information content (AvgIpc) is 2.42. The second kappa shape index (κ2) is 8.08. The number of nitrogens with one attached hydrogen (secondary N) is 1. The highest BCUT2D eigenvalue weighted by Crippen LogP contribution is 2.24. The number of nitrogen functional groups attached to an aromatic ring is 1. The van der Waals surface area contributed by atoms with E-state index in [2.05, 4.69) is 5.32 Å². The number of rotatable bonds is 6. The Bertz CT molecular complexity index is 501. The van der Waals surface area contributed by atoms with Crippen LogP contribution in [0.5, 0.6) is 0 Å².